The van der Waals surface area contributed by atoms with Gasteiger partial charge in [0.2, 0.25) is 0 Å². The van der Waals surface area contributed by atoms with Gasteiger partial charge in [0.25, 0.3) is 5.91 Å². The Labute approximate surface area is 374 Å². The van der Waals surface area contributed by atoms with Gasteiger partial charge in [0.15, 0.2) is 12.4 Å². The number of carbonyl (C=O) groups is 2. The van der Waals surface area contributed by atoms with Crippen LogP contribution in [-0.4, -0.2) is 171 Å². The Bertz CT molecular complexity index is 1490. The maximum absolute atomic E-state index is 13.5. The van der Waals surface area contributed by atoms with Crippen LogP contribution in [0.25, 0.3) is 0 Å². The molecule has 5 aliphatic rings. The number of carbonyl (C=O) groups excluding carboxylic acids is 2. The van der Waals surface area contributed by atoms with Crippen molar-refractivity contribution in [2.45, 2.75) is 166 Å². The van der Waals surface area contributed by atoms with Crippen LogP contribution in [0, 0.1) is 46.3 Å². The van der Waals surface area contributed by atoms with E-state index in [0.29, 0.717) is 31.0 Å². The Morgan fingerprint density at radius 1 is 0.937 bits per heavy atom. The number of allylic oxidation sites excluding steroid dienone is 1. The van der Waals surface area contributed by atoms with Crippen LogP contribution in [0.4, 0.5) is 4.79 Å². The molecule has 17 heteroatoms. The molecule has 0 aromatic carbocycles. The van der Waals surface area contributed by atoms with Gasteiger partial charge in [-0.15, -0.1) is 0 Å². The summed E-state index contributed by atoms with van der Waals surface area (Å²) >= 11 is 0. The van der Waals surface area contributed by atoms with Gasteiger partial charge in [-0.25, -0.2) is 4.79 Å². The van der Waals surface area contributed by atoms with Gasteiger partial charge in [0.1, 0.15) is 48.8 Å². The molecule has 2 amide bonds. The van der Waals surface area contributed by atoms with E-state index in [0.717, 1.165) is 55.3 Å². The van der Waals surface area contributed by atoms with Crippen LogP contribution in [0.1, 0.15) is 105 Å². The number of nitrogens with two attached hydrogens (primary N) is 1. The summed E-state index contributed by atoms with van der Waals surface area (Å²) in [4.78, 5) is 27.8. The molecule has 0 aromatic rings. The van der Waals surface area contributed by atoms with E-state index < -0.39 is 80.3 Å². The Balaban J connectivity index is 1.05. The molecule has 17 nitrogen and oxygen atoms in total. The van der Waals surface area contributed by atoms with E-state index in [1.165, 1.54) is 50.5 Å². The third-order valence-electron chi connectivity index (χ3n) is 16.0. The monoisotopic (exact) mass is 899 g/mol. The molecule has 1 heterocycles. The second-order valence-electron chi connectivity index (χ2n) is 20.3. The minimum Gasteiger partial charge on any atom is -0.446 e. The normalized spacial score (nSPS) is 36.5. The molecule has 1 saturated heterocycles. The fraction of sp³-hybridized carbons (Fsp3) is 0.913. The number of ether oxygens (including phenoxy) is 3. The minimum absolute atomic E-state index is 0.000669. The van der Waals surface area contributed by atoms with Gasteiger partial charge in [-0.1, -0.05) is 65.5 Å². The molecule has 0 spiro atoms. The lowest BCUT2D eigenvalue weighted by atomic mass is 9.47. The number of fused-ring (bicyclic) bond motifs is 5. The van der Waals surface area contributed by atoms with Crippen molar-refractivity contribution in [2.24, 2.45) is 52.1 Å². The third-order valence-corrected chi connectivity index (χ3v) is 16.0. The van der Waals surface area contributed by atoms with Crippen LogP contribution >= 0.6 is 0 Å². The number of aliphatic hydroxyl groups is 8. The maximum atomic E-state index is 13.5. The molecule has 4 fully saturated rings. The van der Waals surface area contributed by atoms with Crippen molar-refractivity contribution >= 4 is 12.0 Å². The summed E-state index contributed by atoms with van der Waals surface area (Å²) in [7, 11) is 0. The molecule has 63 heavy (non-hydrogen) atoms. The lowest BCUT2D eigenvalue weighted by molar-refractivity contribution is -0.326. The smallest absolute Gasteiger partial charge is 0.410 e. The van der Waals surface area contributed by atoms with Gasteiger partial charge in [-0.3, -0.25) is 4.79 Å². The van der Waals surface area contributed by atoms with Crippen molar-refractivity contribution in [1.29, 1.82) is 0 Å². The van der Waals surface area contributed by atoms with Crippen LogP contribution in [0.3, 0.4) is 0 Å². The zero-order chi connectivity index (χ0) is 46.2. The van der Waals surface area contributed by atoms with Crippen molar-refractivity contribution < 1.29 is 64.7 Å². The predicted molar refractivity (Wildman–Crippen MR) is 234 cm³/mol. The number of rotatable bonds is 22. The van der Waals surface area contributed by atoms with Crippen LogP contribution in [0.5, 0.6) is 0 Å². The molecule has 1 aliphatic heterocycles. The van der Waals surface area contributed by atoms with Gasteiger partial charge in [-0.2, -0.15) is 0 Å². The number of amides is 2. The van der Waals surface area contributed by atoms with E-state index in [1.807, 2.05) is 0 Å². The van der Waals surface area contributed by atoms with E-state index in [-0.39, 0.29) is 31.2 Å². The summed E-state index contributed by atoms with van der Waals surface area (Å²) in [6.45, 7) is 12.0. The van der Waals surface area contributed by atoms with E-state index in [9.17, 15) is 50.4 Å². The molecule has 364 valence electrons. The quantitative estimate of drug-likeness (QED) is 0.0529. The van der Waals surface area contributed by atoms with E-state index in [4.69, 9.17) is 19.9 Å². The van der Waals surface area contributed by atoms with Gasteiger partial charge in [0.05, 0.1) is 13.2 Å². The van der Waals surface area contributed by atoms with Crippen LogP contribution < -0.4 is 16.4 Å². The van der Waals surface area contributed by atoms with Gasteiger partial charge in [-0.05, 0) is 91.3 Å². The van der Waals surface area contributed by atoms with Crippen LogP contribution in [0.15, 0.2) is 11.6 Å². The summed E-state index contributed by atoms with van der Waals surface area (Å²) in [6.07, 6.45) is -1.72. The molecule has 17 atom stereocenters. The summed E-state index contributed by atoms with van der Waals surface area (Å²) < 4.78 is 16.7. The van der Waals surface area contributed by atoms with Crippen molar-refractivity contribution in [1.82, 2.24) is 15.5 Å². The Kier molecular flexibility index (Phi) is 19.1. The van der Waals surface area contributed by atoms with Crippen molar-refractivity contribution in [3.8, 4) is 0 Å². The average Bonchev–Trinajstić information content (AvgIpc) is 3.62. The molecular weight excluding hydrogens is 817 g/mol. The average molecular weight is 899 g/mol. The lowest BCUT2D eigenvalue weighted by Crippen LogP contribution is -2.62. The van der Waals surface area contributed by atoms with Crippen molar-refractivity contribution in [3.63, 3.8) is 0 Å². The van der Waals surface area contributed by atoms with Crippen molar-refractivity contribution in [3.05, 3.63) is 11.6 Å². The van der Waals surface area contributed by atoms with Crippen molar-refractivity contribution in [2.75, 3.05) is 52.5 Å². The standard InChI is InChI=1S/C46H82N4O13/c1-26(2)7-6-8-27(3)31-11-12-32-30-10-9-28-23-29(13-15-45(28,4)33(30)14-16-46(31,32)5)61-44(60)50(21-17-47)22-20-48-18-19-49-42(59)39(57)38(56)41(34(53)24-51)63-43-40(58)37(55)36(54)35(25-52)62-43/h9,26-27,29-41,43,48,51-58H,6-8,10-25,47H2,1-5H3,(H,49,59)/t27-,29?,30+,31-,32+,33+,34?,35?,36+,37+,38?,39?,40?,41?,43+,45+,46-/m1/s1. The van der Waals surface area contributed by atoms with Gasteiger partial charge < -0.3 is 76.3 Å². The topological polar surface area (TPSA) is 277 Å². The lowest BCUT2D eigenvalue weighted by Gasteiger charge is -2.58. The summed E-state index contributed by atoms with van der Waals surface area (Å²) in [5, 5.41) is 86.6. The molecule has 3 saturated carbocycles. The highest BCUT2D eigenvalue weighted by molar-refractivity contribution is 5.81. The molecule has 5 rings (SSSR count). The second kappa shape index (κ2) is 23.1. The third kappa shape index (κ3) is 11.9. The summed E-state index contributed by atoms with van der Waals surface area (Å²) in [5.74, 6) is 3.53. The highest BCUT2D eigenvalue weighted by atomic mass is 16.7. The molecule has 7 unspecified atom stereocenters. The minimum atomic E-state index is -2.17. The zero-order valence-electron chi connectivity index (χ0n) is 38.4. The first-order valence-electron chi connectivity index (χ1n) is 23.9. The molecular formula is C46H82N4O13. The first-order valence-corrected chi connectivity index (χ1v) is 23.9. The highest BCUT2D eigenvalue weighted by Gasteiger charge is 2.59. The number of hydrogen-bond donors (Lipinski definition) is 11. The van der Waals surface area contributed by atoms with Crippen LogP contribution in [-0.2, 0) is 19.0 Å². The van der Waals surface area contributed by atoms with E-state index in [2.05, 4.69) is 51.3 Å². The molecule has 12 N–H and O–H groups in total. The van der Waals surface area contributed by atoms with Gasteiger partial charge in [0, 0.05) is 45.7 Å². The van der Waals surface area contributed by atoms with Crippen LogP contribution in [0.2, 0.25) is 0 Å². The SMILES string of the molecule is CC(C)CCC[C@@H](C)[C@H]1CC[C@H]2[C@@H]3CC=C4CC(OC(=O)N(CCN)CCNCCNC(=O)C(O)C(O)C(O[C@@H]5OC(CO)[C@H](O)[C@H](O)C5O)C(O)CO)CC[C@]4(C)[C@H]3CC[C@]12C. The summed E-state index contributed by atoms with van der Waals surface area (Å²) in [6, 6.07) is 0. The predicted octanol–water partition coefficient (Wildman–Crippen LogP) is 0.760. The fourth-order valence-corrected chi connectivity index (χ4v) is 12.3. The number of aliphatic hydroxyl groups excluding tert-OH is 8. The first kappa shape index (κ1) is 52.0. The Morgan fingerprint density at radius 2 is 1.68 bits per heavy atom. The second-order valence-corrected chi connectivity index (χ2v) is 20.3. The summed E-state index contributed by atoms with van der Waals surface area (Å²) in [5.41, 5.74) is 7.92. The zero-order valence-corrected chi connectivity index (χ0v) is 38.4. The Morgan fingerprint density at radius 3 is 2.37 bits per heavy atom. The maximum Gasteiger partial charge on any atom is 0.410 e. The fourth-order valence-electron chi connectivity index (χ4n) is 12.3. The van der Waals surface area contributed by atoms with E-state index >= 15 is 0 Å². The first-order chi connectivity index (χ1) is 29.9. The number of nitrogens with one attached hydrogen (secondary N) is 2. The molecule has 0 aromatic heterocycles. The number of hydrogen-bond acceptors (Lipinski definition) is 15. The van der Waals surface area contributed by atoms with Gasteiger partial charge >= 0.3 is 6.09 Å². The molecule has 4 aliphatic carbocycles. The Hall–Kier alpha value is -2.00. The molecule has 0 bridgehead atoms. The molecule has 0 radical (unpaired) electrons. The highest BCUT2D eigenvalue weighted by Crippen LogP contribution is 2.67. The largest absolute Gasteiger partial charge is 0.446 e. The van der Waals surface area contributed by atoms with E-state index in [1.54, 1.807) is 4.90 Å². The number of nitrogens with zero attached hydrogens (tertiary/aromatic N) is 1.